The quantitative estimate of drug-likeness (QED) is 0.555. The van der Waals surface area contributed by atoms with Crippen LogP contribution in [0.25, 0.3) is 0 Å². The predicted molar refractivity (Wildman–Crippen MR) is 46.8 cm³/mol. The maximum atomic E-state index is 10.3. The first-order valence-corrected chi connectivity index (χ1v) is 2.99. The van der Waals surface area contributed by atoms with Gasteiger partial charge in [-0.3, -0.25) is 10.1 Å². The van der Waals surface area contributed by atoms with Crippen LogP contribution in [0.4, 0.5) is 5.69 Å². The standard InChI is InChI=1S/C6H6N2O4.ClH/c7-12-6-3-4(9)1-2-5(6)8(10)11;/h1-3,9H,7H2;1H. The topological polar surface area (TPSA) is 98.6 Å². The summed E-state index contributed by atoms with van der Waals surface area (Å²) in [7, 11) is 0. The van der Waals surface area contributed by atoms with Gasteiger partial charge in [0.1, 0.15) is 5.75 Å². The van der Waals surface area contributed by atoms with Gasteiger partial charge in [-0.15, -0.1) is 12.4 Å². The monoisotopic (exact) mass is 206 g/mol. The molecule has 0 amide bonds. The van der Waals surface area contributed by atoms with Gasteiger partial charge >= 0.3 is 5.69 Å². The van der Waals surface area contributed by atoms with Crippen LogP contribution in [0.3, 0.4) is 0 Å². The number of hydrogen-bond donors (Lipinski definition) is 2. The van der Waals surface area contributed by atoms with Gasteiger partial charge in [0.25, 0.3) is 0 Å². The molecule has 1 aromatic rings. The van der Waals surface area contributed by atoms with E-state index in [1.54, 1.807) is 0 Å². The molecule has 0 atom stereocenters. The summed E-state index contributed by atoms with van der Waals surface area (Å²) in [5, 5.41) is 19.2. The molecule has 0 fully saturated rings. The summed E-state index contributed by atoms with van der Waals surface area (Å²) in [4.78, 5) is 13.8. The third-order valence-electron chi connectivity index (χ3n) is 1.27. The van der Waals surface area contributed by atoms with Crippen molar-refractivity contribution in [2.75, 3.05) is 0 Å². The van der Waals surface area contributed by atoms with Gasteiger partial charge in [-0.25, -0.2) is 0 Å². The van der Waals surface area contributed by atoms with E-state index in [0.29, 0.717) is 0 Å². The lowest BCUT2D eigenvalue weighted by atomic mass is 10.3. The van der Waals surface area contributed by atoms with E-state index in [0.717, 1.165) is 12.1 Å². The van der Waals surface area contributed by atoms with E-state index in [9.17, 15) is 10.1 Å². The largest absolute Gasteiger partial charge is 0.508 e. The number of benzene rings is 1. The van der Waals surface area contributed by atoms with E-state index in [2.05, 4.69) is 4.84 Å². The number of hydrogen-bond acceptors (Lipinski definition) is 5. The summed E-state index contributed by atoms with van der Waals surface area (Å²) in [5.41, 5.74) is -0.282. The molecule has 7 heteroatoms. The Morgan fingerprint density at radius 3 is 2.62 bits per heavy atom. The summed E-state index contributed by atoms with van der Waals surface area (Å²) in [6.07, 6.45) is 0. The molecule has 0 aromatic heterocycles. The average Bonchev–Trinajstić information content (AvgIpc) is 2.03. The highest BCUT2D eigenvalue weighted by molar-refractivity contribution is 5.85. The average molecular weight is 207 g/mol. The van der Waals surface area contributed by atoms with Gasteiger partial charge in [-0.05, 0) is 6.07 Å². The molecule has 0 aliphatic carbocycles. The van der Waals surface area contributed by atoms with Crippen molar-refractivity contribution in [3.63, 3.8) is 0 Å². The number of nitrogens with zero attached hydrogens (tertiary/aromatic N) is 1. The number of aromatic hydroxyl groups is 1. The van der Waals surface area contributed by atoms with Gasteiger partial charge in [0, 0.05) is 12.1 Å². The Morgan fingerprint density at radius 2 is 2.15 bits per heavy atom. The summed E-state index contributed by atoms with van der Waals surface area (Å²) < 4.78 is 0. The molecule has 0 aliphatic heterocycles. The normalized spacial score (nSPS) is 8.69. The van der Waals surface area contributed by atoms with Gasteiger partial charge in [-0.1, -0.05) is 0 Å². The second kappa shape index (κ2) is 4.48. The Kier molecular flexibility index (Phi) is 3.96. The Morgan fingerprint density at radius 1 is 1.54 bits per heavy atom. The van der Waals surface area contributed by atoms with Crippen LogP contribution in [0.5, 0.6) is 11.5 Å². The first-order valence-electron chi connectivity index (χ1n) is 2.99. The number of nitro groups is 1. The number of rotatable bonds is 2. The van der Waals surface area contributed by atoms with Crippen molar-refractivity contribution in [2.24, 2.45) is 5.90 Å². The van der Waals surface area contributed by atoms with Crippen LogP contribution in [0, 0.1) is 10.1 Å². The number of nitrogens with two attached hydrogens (primary N) is 1. The zero-order chi connectivity index (χ0) is 9.14. The van der Waals surface area contributed by atoms with Crippen molar-refractivity contribution in [3.05, 3.63) is 28.3 Å². The van der Waals surface area contributed by atoms with Crippen LogP contribution >= 0.6 is 12.4 Å². The number of halogens is 1. The Labute approximate surface area is 79.4 Å². The second-order valence-electron chi connectivity index (χ2n) is 2.03. The van der Waals surface area contributed by atoms with E-state index in [1.807, 2.05) is 0 Å². The van der Waals surface area contributed by atoms with E-state index >= 15 is 0 Å². The lowest BCUT2D eigenvalue weighted by Gasteiger charge is -1.99. The third-order valence-corrected chi connectivity index (χ3v) is 1.27. The maximum Gasteiger partial charge on any atom is 0.313 e. The third kappa shape index (κ3) is 2.46. The van der Waals surface area contributed by atoms with E-state index in [1.165, 1.54) is 6.07 Å². The van der Waals surface area contributed by atoms with Crippen molar-refractivity contribution >= 4 is 18.1 Å². The lowest BCUT2D eigenvalue weighted by Crippen LogP contribution is -2.04. The lowest BCUT2D eigenvalue weighted by molar-refractivity contribution is -0.385. The predicted octanol–water partition coefficient (Wildman–Crippen LogP) is 0.975. The Hall–Kier alpha value is -1.53. The Bertz CT molecular complexity index is 318. The minimum absolute atomic E-state index is 0. The highest BCUT2D eigenvalue weighted by atomic mass is 35.5. The van der Waals surface area contributed by atoms with Crippen LogP contribution in [0.2, 0.25) is 0 Å². The molecule has 0 aliphatic rings. The van der Waals surface area contributed by atoms with Crippen LogP contribution in [-0.4, -0.2) is 10.0 Å². The minimum Gasteiger partial charge on any atom is -0.508 e. The van der Waals surface area contributed by atoms with Gasteiger partial charge in [0.2, 0.25) is 5.75 Å². The van der Waals surface area contributed by atoms with Gasteiger partial charge in [-0.2, -0.15) is 5.90 Å². The molecule has 72 valence electrons. The van der Waals surface area contributed by atoms with Crippen LogP contribution in [0.1, 0.15) is 0 Å². The minimum atomic E-state index is -0.651. The smallest absolute Gasteiger partial charge is 0.313 e. The van der Waals surface area contributed by atoms with E-state index in [-0.39, 0.29) is 29.6 Å². The maximum absolute atomic E-state index is 10.3. The number of phenolic OH excluding ortho intramolecular Hbond substituents is 1. The zero-order valence-corrected chi connectivity index (χ0v) is 7.15. The zero-order valence-electron chi connectivity index (χ0n) is 6.34. The van der Waals surface area contributed by atoms with Crippen molar-refractivity contribution in [1.29, 1.82) is 0 Å². The molecule has 0 unspecified atom stereocenters. The number of nitro benzene ring substituents is 1. The SMILES string of the molecule is Cl.NOc1cc(O)ccc1[N+](=O)[O-]. The molecule has 0 heterocycles. The molecule has 1 rings (SSSR count). The summed E-state index contributed by atoms with van der Waals surface area (Å²) >= 11 is 0. The molecule has 0 saturated heterocycles. The highest BCUT2D eigenvalue weighted by Crippen LogP contribution is 2.29. The molecule has 13 heavy (non-hydrogen) atoms. The molecular weight excluding hydrogens is 200 g/mol. The molecule has 0 spiro atoms. The van der Waals surface area contributed by atoms with Crippen LogP contribution in [0.15, 0.2) is 18.2 Å². The fraction of sp³-hybridized carbons (Fsp3) is 0. The van der Waals surface area contributed by atoms with E-state index < -0.39 is 4.92 Å². The fourth-order valence-corrected chi connectivity index (χ4v) is 0.748. The molecule has 0 radical (unpaired) electrons. The molecule has 6 nitrogen and oxygen atoms in total. The fourth-order valence-electron chi connectivity index (χ4n) is 0.748. The first kappa shape index (κ1) is 11.5. The van der Waals surface area contributed by atoms with Gasteiger partial charge < -0.3 is 9.94 Å². The van der Waals surface area contributed by atoms with Crippen molar-refractivity contribution in [1.82, 2.24) is 0 Å². The summed E-state index contributed by atoms with van der Waals surface area (Å²) in [6.45, 7) is 0. The van der Waals surface area contributed by atoms with Gasteiger partial charge in [0.15, 0.2) is 0 Å². The van der Waals surface area contributed by atoms with Crippen molar-refractivity contribution in [3.8, 4) is 11.5 Å². The summed E-state index contributed by atoms with van der Waals surface area (Å²) in [5.74, 6) is 4.44. The van der Waals surface area contributed by atoms with Crippen molar-refractivity contribution < 1.29 is 14.9 Å². The molecular formula is C6H7ClN2O4. The first-order chi connectivity index (χ1) is 5.65. The van der Waals surface area contributed by atoms with Crippen LogP contribution in [-0.2, 0) is 0 Å². The molecule has 0 bridgehead atoms. The molecule has 0 saturated carbocycles. The number of phenols is 1. The van der Waals surface area contributed by atoms with Crippen molar-refractivity contribution in [2.45, 2.75) is 0 Å². The van der Waals surface area contributed by atoms with E-state index in [4.69, 9.17) is 11.0 Å². The van der Waals surface area contributed by atoms with Crippen LogP contribution < -0.4 is 10.7 Å². The second-order valence-corrected chi connectivity index (χ2v) is 2.03. The molecule has 1 aromatic carbocycles. The summed E-state index contributed by atoms with van der Waals surface area (Å²) in [6, 6.07) is 3.36. The van der Waals surface area contributed by atoms with Gasteiger partial charge in [0.05, 0.1) is 4.92 Å². The molecule has 3 N–H and O–H groups in total. The Balaban J connectivity index is 0.00000144. The highest BCUT2D eigenvalue weighted by Gasteiger charge is 2.14.